The number of nitrogens with zero attached hydrogens (tertiary/aromatic N) is 3. The van der Waals surface area contributed by atoms with E-state index in [0.717, 1.165) is 5.69 Å². The van der Waals surface area contributed by atoms with Gasteiger partial charge < -0.3 is 14.4 Å². The van der Waals surface area contributed by atoms with Gasteiger partial charge in [-0.25, -0.2) is 0 Å². The molecular weight excluding hydrogens is 244 g/mol. The first-order valence-corrected chi connectivity index (χ1v) is 6.18. The molecule has 0 aliphatic heterocycles. The molecule has 0 spiro atoms. The average molecular weight is 262 g/mol. The van der Waals surface area contributed by atoms with E-state index in [2.05, 4.69) is 15.5 Å². The molecule has 6 nitrogen and oxygen atoms in total. The van der Waals surface area contributed by atoms with E-state index in [-0.39, 0.29) is 11.8 Å². The highest BCUT2D eigenvalue weighted by atomic mass is 16.5. The molecule has 6 heteroatoms. The number of likely N-dealkylation sites (N-methyl/N-ethyl adjacent to an activating group) is 1. The first-order valence-electron chi connectivity index (χ1n) is 6.18. The summed E-state index contributed by atoms with van der Waals surface area (Å²) in [6.45, 7) is 3.58. The van der Waals surface area contributed by atoms with Gasteiger partial charge in [0.1, 0.15) is 5.69 Å². The van der Waals surface area contributed by atoms with E-state index in [1.807, 2.05) is 25.6 Å². The fourth-order valence-electron chi connectivity index (χ4n) is 1.79. The Hall–Kier alpha value is -1.95. The van der Waals surface area contributed by atoms with Crippen LogP contribution in [-0.4, -0.2) is 33.6 Å². The van der Waals surface area contributed by atoms with Crippen molar-refractivity contribution in [2.24, 2.45) is 7.05 Å². The topological polar surface area (TPSA) is 73.0 Å². The molecule has 2 rings (SSSR count). The molecule has 102 valence electrons. The van der Waals surface area contributed by atoms with Gasteiger partial charge in [0.15, 0.2) is 11.6 Å². The average Bonchev–Trinajstić information content (AvgIpc) is 2.95. The van der Waals surface area contributed by atoms with E-state index >= 15 is 0 Å². The molecule has 0 aromatic carbocycles. The van der Waals surface area contributed by atoms with Crippen molar-refractivity contribution in [3.05, 3.63) is 23.7 Å². The number of nitrogens with one attached hydrogen (secondary N) is 1. The van der Waals surface area contributed by atoms with Gasteiger partial charge in [-0.1, -0.05) is 5.16 Å². The van der Waals surface area contributed by atoms with Crippen LogP contribution in [0.2, 0.25) is 0 Å². The Morgan fingerprint density at radius 3 is 2.89 bits per heavy atom. The summed E-state index contributed by atoms with van der Waals surface area (Å²) < 4.78 is 7.06. The van der Waals surface area contributed by atoms with E-state index in [1.165, 1.54) is 6.92 Å². The SMILES string of the molecule is CNC(C)Cc1noc(-c2cc(C(C)=O)cn2C)n1. The van der Waals surface area contributed by atoms with Gasteiger partial charge in [0, 0.05) is 31.3 Å². The van der Waals surface area contributed by atoms with Gasteiger partial charge in [0.25, 0.3) is 5.89 Å². The Morgan fingerprint density at radius 1 is 1.58 bits per heavy atom. The molecule has 0 radical (unpaired) electrons. The summed E-state index contributed by atoms with van der Waals surface area (Å²) in [6.07, 6.45) is 2.46. The van der Waals surface area contributed by atoms with Crippen molar-refractivity contribution in [1.82, 2.24) is 20.0 Å². The highest BCUT2D eigenvalue weighted by Gasteiger charge is 2.15. The lowest BCUT2D eigenvalue weighted by atomic mass is 10.2. The Morgan fingerprint density at radius 2 is 2.32 bits per heavy atom. The van der Waals surface area contributed by atoms with E-state index in [1.54, 1.807) is 12.3 Å². The maximum absolute atomic E-state index is 11.3. The smallest absolute Gasteiger partial charge is 0.274 e. The standard InChI is InChI=1S/C13H18N4O2/c1-8(14-3)5-12-15-13(19-16-12)11-6-10(9(2)18)7-17(11)4/h6-8,14H,5H2,1-4H3. The van der Waals surface area contributed by atoms with Crippen molar-refractivity contribution in [2.45, 2.75) is 26.3 Å². The molecule has 1 atom stereocenters. The minimum absolute atomic E-state index is 0.0189. The number of carbonyl (C=O) groups is 1. The lowest BCUT2D eigenvalue weighted by Crippen LogP contribution is -2.24. The van der Waals surface area contributed by atoms with Gasteiger partial charge in [-0.15, -0.1) is 0 Å². The van der Waals surface area contributed by atoms with Crippen molar-refractivity contribution in [1.29, 1.82) is 0 Å². The molecule has 2 aromatic rings. The van der Waals surface area contributed by atoms with Crippen LogP contribution in [0.15, 0.2) is 16.8 Å². The second-order valence-corrected chi connectivity index (χ2v) is 4.69. The van der Waals surface area contributed by atoms with Crippen molar-refractivity contribution in [3.63, 3.8) is 0 Å². The third-order valence-corrected chi connectivity index (χ3v) is 3.08. The zero-order valence-corrected chi connectivity index (χ0v) is 11.6. The maximum atomic E-state index is 11.3. The summed E-state index contributed by atoms with van der Waals surface area (Å²) in [5.74, 6) is 1.11. The predicted molar refractivity (Wildman–Crippen MR) is 70.9 cm³/mol. The van der Waals surface area contributed by atoms with Gasteiger partial charge in [-0.2, -0.15) is 4.98 Å². The first kappa shape index (κ1) is 13.5. The summed E-state index contributed by atoms with van der Waals surface area (Å²) >= 11 is 0. The molecule has 0 saturated carbocycles. The monoisotopic (exact) mass is 262 g/mol. The molecule has 1 unspecified atom stereocenters. The van der Waals surface area contributed by atoms with Gasteiger partial charge in [-0.05, 0) is 27.0 Å². The molecule has 2 heterocycles. The summed E-state index contributed by atoms with van der Waals surface area (Å²) in [5.41, 5.74) is 1.39. The first-order chi connectivity index (χ1) is 9.01. The summed E-state index contributed by atoms with van der Waals surface area (Å²) in [6, 6.07) is 2.05. The number of carbonyl (C=O) groups excluding carboxylic acids is 1. The Balaban J connectivity index is 2.25. The van der Waals surface area contributed by atoms with E-state index in [0.29, 0.717) is 23.7 Å². The maximum Gasteiger partial charge on any atom is 0.274 e. The van der Waals surface area contributed by atoms with E-state index < -0.39 is 0 Å². The molecule has 0 fully saturated rings. The van der Waals surface area contributed by atoms with Gasteiger partial charge in [0.05, 0.1) is 0 Å². The van der Waals surface area contributed by atoms with Crippen LogP contribution in [0.25, 0.3) is 11.6 Å². The molecule has 0 saturated heterocycles. The van der Waals surface area contributed by atoms with Crippen molar-refractivity contribution in [3.8, 4) is 11.6 Å². The minimum Gasteiger partial charge on any atom is -0.346 e. The second kappa shape index (κ2) is 5.36. The number of rotatable bonds is 5. The summed E-state index contributed by atoms with van der Waals surface area (Å²) in [5, 5.41) is 7.07. The minimum atomic E-state index is 0.0189. The Kier molecular flexibility index (Phi) is 3.80. The number of hydrogen-bond donors (Lipinski definition) is 1. The molecule has 1 N–H and O–H groups in total. The van der Waals surface area contributed by atoms with E-state index in [4.69, 9.17) is 4.52 Å². The van der Waals surface area contributed by atoms with Crippen LogP contribution >= 0.6 is 0 Å². The van der Waals surface area contributed by atoms with Crippen molar-refractivity contribution < 1.29 is 9.32 Å². The van der Waals surface area contributed by atoms with Crippen molar-refractivity contribution >= 4 is 5.78 Å². The van der Waals surface area contributed by atoms with Gasteiger partial charge >= 0.3 is 0 Å². The van der Waals surface area contributed by atoms with Crippen LogP contribution in [0.4, 0.5) is 0 Å². The van der Waals surface area contributed by atoms with Crippen LogP contribution in [0.3, 0.4) is 0 Å². The molecule has 0 aliphatic carbocycles. The molecule has 0 amide bonds. The predicted octanol–water partition coefficient (Wildman–Crippen LogP) is 1.43. The molecule has 0 bridgehead atoms. The van der Waals surface area contributed by atoms with Crippen LogP contribution < -0.4 is 5.32 Å². The summed E-state index contributed by atoms with van der Waals surface area (Å²) in [7, 11) is 3.74. The number of Topliss-reactive ketones (excluding diaryl/α,β-unsaturated/α-hetero) is 1. The second-order valence-electron chi connectivity index (χ2n) is 4.69. The lowest BCUT2D eigenvalue weighted by molar-refractivity contribution is 0.101. The fourth-order valence-corrected chi connectivity index (χ4v) is 1.79. The van der Waals surface area contributed by atoms with Crippen LogP contribution in [0.5, 0.6) is 0 Å². The molecular formula is C13H18N4O2. The van der Waals surface area contributed by atoms with Crippen LogP contribution in [0, 0.1) is 0 Å². The fraction of sp³-hybridized carbons (Fsp3) is 0.462. The lowest BCUT2D eigenvalue weighted by Gasteiger charge is -2.04. The number of hydrogen-bond acceptors (Lipinski definition) is 5. The van der Waals surface area contributed by atoms with E-state index in [9.17, 15) is 4.79 Å². The molecule has 0 aliphatic rings. The zero-order valence-electron chi connectivity index (χ0n) is 11.6. The summed E-state index contributed by atoms with van der Waals surface area (Å²) in [4.78, 5) is 15.7. The highest BCUT2D eigenvalue weighted by molar-refractivity contribution is 5.95. The zero-order chi connectivity index (χ0) is 14.0. The number of aromatic nitrogens is 3. The molecule has 2 aromatic heterocycles. The number of aryl methyl sites for hydroxylation is 1. The largest absolute Gasteiger partial charge is 0.346 e. The molecule has 19 heavy (non-hydrogen) atoms. The van der Waals surface area contributed by atoms with Crippen LogP contribution in [0.1, 0.15) is 30.0 Å². The van der Waals surface area contributed by atoms with Gasteiger partial charge in [-0.3, -0.25) is 4.79 Å². The Labute approximate surface area is 111 Å². The van der Waals surface area contributed by atoms with Crippen LogP contribution in [-0.2, 0) is 13.5 Å². The normalized spacial score (nSPS) is 12.6. The van der Waals surface area contributed by atoms with Gasteiger partial charge in [0.2, 0.25) is 0 Å². The quantitative estimate of drug-likeness (QED) is 0.825. The third-order valence-electron chi connectivity index (χ3n) is 3.08. The highest BCUT2D eigenvalue weighted by Crippen LogP contribution is 2.20. The number of ketones is 1. The third kappa shape index (κ3) is 2.90. The van der Waals surface area contributed by atoms with Crippen molar-refractivity contribution in [2.75, 3.05) is 7.05 Å². The Bertz CT molecular complexity index is 585.